The second kappa shape index (κ2) is 6.79. The van der Waals surface area contributed by atoms with Gasteiger partial charge in [-0.25, -0.2) is 9.97 Å². The number of hydrogen-bond donors (Lipinski definition) is 1. The Morgan fingerprint density at radius 1 is 1.40 bits per heavy atom. The number of amides is 1. The molecule has 1 saturated heterocycles. The quantitative estimate of drug-likeness (QED) is 0.880. The Balaban J connectivity index is 1.53. The van der Waals surface area contributed by atoms with Gasteiger partial charge in [0.15, 0.2) is 5.82 Å². The lowest BCUT2D eigenvalue weighted by atomic mass is 10.2. The normalized spacial score (nSPS) is 20.5. The lowest BCUT2D eigenvalue weighted by Gasteiger charge is -2.34. The molecule has 0 bridgehead atoms. The van der Waals surface area contributed by atoms with Crippen molar-refractivity contribution >= 4 is 11.7 Å². The van der Waals surface area contributed by atoms with Crippen LogP contribution < -0.4 is 5.32 Å². The molecule has 8 heteroatoms. The van der Waals surface area contributed by atoms with Crippen molar-refractivity contribution in [1.82, 2.24) is 24.6 Å². The van der Waals surface area contributed by atoms with Crippen LogP contribution in [0.15, 0.2) is 24.5 Å². The average Bonchev–Trinajstić information content (AvgIpc) is 3.38. The Hall–Kier alpha value is -2.48. The van der Waals surface area contributed by atoms with Crippen LogP contribution in [-0.2, 0) is 11.8 Å². The molecule has 0 unspecified atom stereocenters. The molecule has 2 aliphatic rings. The molecule has 2 aromatic rings. The minimum Gasteiger partial charge on any atom is -0.377 e. The minimum absolute atomic E-state index is 0.117. The molecule has 1 aliphatic heterocycles. The van der Waals surface area contributed by atoms with Crippen LogP contribution in [0.1, 0.15) is 35.2 Å². The Morgan fingerprint density at radius 2 is 2.28 bits per heavy atom. The van der Waals surface area contributed by atoms with Crippen LogP contribution in [0.5, 0.6) is 0 Å². The number of nitrogens with zero attached hydrogens (tertiary/aromatic N) is 5. The zero-order valence-electron chi connectivity index (χ0n) is 14.3. The van der Waals surface area contributed by atoms with Gasteiger partial charge in [-0.15, -0.1) is 0 Å². The predicted octanol–water partition coefficient (Wildman–Crippen LogP) is 1.25. The smallest absolute Gasteiger partial charge is 0.275 e. The average molecular weight is 342 g/mol. The van der Waals surface area contributed by atoms with E-state index in [0.717, 1.165) is 18.3 Å². The molecular formula is C17H22N6O2. The number of morpholine rings is 1. The molecule has 8 nitrogen and oxygen atoms in total. The van der Waals surface area contributed by atoms with E-state index >= 15 is 0 Å². The summed E-state index contributed by atoms with van der Waals surface area (Å²) in [6, 6.07) is 3.29. The van der Waals surface area contributed by atoms with E-state index in [0.29, 0.717) is 31.3 Å². The monoisotopic (exact) mass is 342 g/mol. The third-order valence-electron chi connectivity index (χ3n) is 4.56. The second-order valence-corrected chi connectivity index (χ2v) is 6.59. The third kappa shape index (κ3) is 3.63. The molecule has 1 N–H and O–H groups in total. The fraction of sp³-hybridized carbons (Fsp3) is 0.529. The highest BCUT2D eigenvalue weighted by molar-refractivity contribution is 5.92. The molecule has 2 aromatic heterocycles. The van der Waals surface area contributed by atoms with Crippen molar-refractivity contribution in [2.45, 2.75) is 18.9 Å². The molecule has 1 amide bonds. The van der Waals surface area contributed by atoms with Gasteiger partial charge in [-0.3, -0.25) is 9.48 Å². The maximum atomic E-state index is 12.8. The van der Waals surface area contributed by atoms with Crippen molar-refractivity contribution in [3.8, 4) is 0 Å². The first-order valence-corrected chi connectivity index (χ1v) is 8.66. The van der Waals surface area contributed by atoms with Gasteiger partial charge in [0.1, 0.15) is 17.6 Å². The van der Waals surface area contributed by atoms with Crippen LogP contribution in [0.3, 0.4) is 0 Å². The van der Waals surface area contributed by atoms with Crippen molar-refractivity contribution in [2.24, 2.45) is 13.0 Å². The molecule has 1 atom stereocenters. The number of aromatic nitrogens is 4. The molecule has 0 spiro atoms. The first kappa shape index (κ1) is 16.0. The van der Waals surface area contributed by atoms with Gasteiger partial charge in [-0.2, -0.15) is 5.10 Å². The summed E-state index contributed by atoms with van der Waals surface area (Å²) in [5.41, 5.74) is 0.428. The molecule has 0 aromatic carbocycles. The van der Waals surface area contributed by atoms with Crippen LogP contribution in [-0.4, -0.2) is 56.9 Å². The number of ether oxygens (including phenoxy) is 1. The van der Waals surface area contributed by atoms with Crippen LogP contribution >= 0.6 is 0 Å². The summed E-state index contributed by atoms with van der Waals surface area (Å²) in [4.78, 5) is 23.6. The summed E-state index contributed by atoms with van der Waals surface area (Å²) < 4.78 is 7.21. The third-order valence-corrected chi connectivity index (χ3v) is 4.56. The van der Waals surface area contributed by atoms with Gasteiger partial charge in [0.05, 0.1) is 13.2 Å². The molecule has 2 fully saturated rings. The Labute approximate surface area is 146 Å². The molecule has 4 rings (SSSR count). The summed E-state index contributed by atoms with van der Waals surface area (Å²) in [6.45, 7) is 2.34. The highest BCUT2D eigenvalue weighted by Gasteiger charge is 2.32. The van der Waals surface area contributed by atoms with E-state index in [9.17, 15) is 4.79 Å². The molecular weight excluding hydrogens is 320 g/mol. The lowest BCUT2D eigenvalue weighted by Crippen LogP contribution is -2.44. The number of anilines is 1. The van der Waals surface area contributed by atoms with E-state index in [1.165, 1.54) is 12.8 Å². The number of aryl methyl sites for hydroxylation is 1. The number of hydrogen-bond acceptors (Lipinski definition) is 6. The van der Waals surface area contributed by atoms with Gasteiger partial charge < -0.3 is 15.0 Å². The van der Waals surface area contributed by atoms with Gasteiger partial charge >= 0.3 is 0 Å². The summed E-state index contributed by atoms with van der Waals surface area (Å²) in [6.07, 6.45) is 6.07. The fourth-order valence-electron chi connectivity index (χ4n) is 2.94. The van der Waals surface area contributed by atoms with Crippen molar-refractivity contribution in [1.29, 1.82) is 0 Å². The molecule has 1 saturated carbocycles. The maximum absolute atomic E-state index is 12.8. The van der Waals surface area contributed by atoms with Crippen LogP contribution in [0.4, 0.5) is 5.82 Å². The largest absolute Gasteiger partial charge is 0.377 e. The van der Waals surface area contributed by atoms with Crippen LogP contribution in [0.25, 0.3) is 0 Å². The van der Waals surface area contributed by atoms with Crippen LogP contribution in [0, 0.1) is 5.92 Å². The highest BCUT2D eigenvalue weighted by atomic mass is 16.5. The maximum Gasteiger partial charge on any atom is 0.275 e. The standard InChI is InChI=1S/C17H22N6O2/c1-22-7-5-13(21-22)17(24)23-8-9-25-11-14(23)16-18-6-4-15(20-16)19-10-12-2-3-12/h4-7,12,14H,2-3,8-11H2,1H3,(H,18,19,20)/t14-/m0/s1. The highest BCUT2D eigenvalue weighted by Crippen LogP contribution is 2.29. The van der Waals surface area contributed by atoms with E-state index in [2.05, 4.69) is 20.4 Å². The summed E-state index contributed by atoms with van der Waals surface area (Å²) in [7, 11) is 1.80. The summed E-state index contributed by atoms with van der Waals surface area (Å²) in [5.74, 6) is 2.05. The van der Waals surface area contributed by atoms with E-state index in [1.807, 2.05) is 6.07 Å². The summed E-state index contributed by atoms with van der Waals surface area (Å²) >= 11 is 0. The number of nitrogens with one attached hydrogen (secondary N) is 1. The summed E-state index contributed by atoms with van der Waals surface area (Å²) in [5, 5.41) is 7.57. The first-order chi connectivity index (χ1) is 12.2. The molecule has 132 valence electrons. The number of carbonyl (C=O) groups is 1. The lowest BCUT2D eigenvalue weighted by molar-refractivity contribution is -0.00552. The topological polar surface area (TPSA) is 85.2 Å². The van der Waals surface area contributed by atoms with Crippen molar-refractivity contribution in [2.75, 3.05) is 31.6 Å². The van der Waals surface area contributed by atoms with Gasteiger partial charge in [0.2, 0.25) is 0 Å². The van der Waals surface area contributed by atoms with Gasteiger partial charge in [-0.05, 0) is 30.9 Å². The Bertz CT molecular complexity index is 757. The van der Waals surface area contributed by atoms with Crippen molar-refractivity contribution in [3.63, 3.8) is 0 Å². The van der Waals surface area contributed by atoms with E-state index < -0.39 is 0 Å². The molecule has 3 heterocycles. The second-order valence-electron chi connectivity index (χ2n) is 6.59. The zero-order chi connectivity index (χ0) is 17.2. The Kier molecular flexibility index (Phi) is 4.35. The van der Waals surface area contributed by atoms with E-state index in [-0.39, 0.29) is 11.9 Å². The van der Waals surface area contributed by atoms with Crippen molar-refractivity contribution < 1.29 is 9.53 Å². The van der Waals surface area contributed by atoms with Crippen molar-refractivity contribution in [3.05, 3.63) is 36.0 Å². The molecule has 0 radical (unpaired) electrons. The van der Waals surface area contributed by atoms with Gasteiger partial charge in [0.25, 0.3) is 5.91 Å². The molecule has 1 aliphatic carbocycles. The van der Waals surface area contributed by atoms with Crippen LogP contribution in [0.2, 0.25) is 0 Å². The van der Waals surface area contributed by atoms with E-state index in [1.54, 1.807) is 35.1 Å². The minimum atomic E-state index is -0.300. The SMILES string of the molecule is Cn1ccc(C(=O)N2CCOC[C@H]2c2nccc(NCC3CC3)n2)n1. The first-order valence-electron chi connectivity index (χ1n) is 8.66. The fourth-order valence-corrected chi connectivity index (χ4v) is 2.94. The Morgan fingerprint density at radius 3 is 3.04 bits per heavy atom. The number of carbonyl (C=O) groups excluding carboxylic acids is 1. The van der Waals surface area contributed by atoms with Gasteiger partial charge in [-0.1, -0.05) is 0 Å². The number of rotatable bonds is 5. The molecule has 25 heavy (non-hydrogen) atoms. The van der Waals surface area contributed by atoms with E-state index in [4.69, 9.17) is 4.74 Å². The van der Waals surface area contributed by atoms with Gasteiger partial charge in [0, 0.05) is 32.5 Å². The predicted molar refractivity (Wildman–Crippen MR) is 91.1 cm³/mol. The zero-order valence-corrected chi connectivity index (χ0v) is 14.3.